The highest BCUT2D eigenvalue weighted by molar-refractivity contribution is 8.00. The van der Waals surface area contributed by atoms with Gasteiger partial charge in [-0.05, 0) is 24.3 Å². The van der Waals surface area contributed by atoms with E-state index in [9.17, 15) is 14.0 Å². The molecule has 0 bridgehead atoms. The molecule has 98 valence electrons. The Bertz CT molecular complexity index is 425. The maximum absolute atomic E-state index is 12.6. The van der Waals surface area contributed by atoms with Gasteiger partial charge in [-0.3, -0.25) is 9.59 Å². The number of benzene rings is 1. The van der Waals surface area contributed by atoms with E-state index in [0.717, 1.165) is 4.90 Å². The van der Waals surface area contributed by atoms with Gasteiger partial charge in [0.2, 0.25) is 11.8 Å². The van der Waals surface area contributed by atoms with Crippen molar-refractivity contribution in [1.82, 2.24) is 5.32 Å². The molecule has 1 atom stereocenters. The summed E-state index contributed by atoms with van der Waals surface area (Å²) in [7, 11) is 0. The van der Waals surface area contributed by atoms with Crippen molar-refractivity contribution in [3.8, 4) is 0 Å². The first-order chi connectivity index (χ1) is 8.49. The molecule has 0 radical (unpaired) electrons. The summed E-state index contributed by atoms with van der Waals surface area (Å²) in [6.45, 7) is -0.210. The van der Waals surface area contributed by atoms with E-state index in [1.54, 1.807) is 12.1 Å². The number of hydrogen-bond acceptors (Lipinski definition) is 4. The Balaban J connectivity index is 2.29. The van der Waals surface area contributed by atoms with Crippen molar-refractivity contribution < 1.29 is 19.1 Å². The van der Waals surface area contributed by atoms with Crippen LogP contribution in [0, 0.1) is 5.82 Å². The maximum atomic E-state index is 12.6. The molecular weight excluding hydrogens is 259 g/mol. The molecular formula is C11H13FN2O3S. The second-order valence-electron chi connectivity index (χ2n) is 3.46. The van der Waals surface area contributed by atoms with E-state index in [4.69, 9.17) is 10.8 Å². The summed E-state index contributed by atoms with van der Waals surface area (Å²) >= 11 is 1.22. The van der Waals surface area contributed by atoms with Crippen LogP contribution in [0.5, 0.6) is 0 Å². The number of thioether (sulfide) groups is 1. The summed E-state index contributed by atoms with van der Waals surface area (Å²) in [5.74, 6) is -1.46. The summed E-state index contributed by atoms with van der Waals surface area (Å²) in [6.07, 6.45) is -1.38. The van der Waals surface area contributed by atoms with E-state index in [1.807, 2.05) is 0 Å². The molecule has 0 heterocycles. The van der Waals surface area contributed by atoms with Gasteiger partial charge in [0.25, 0.3) is 0 Å². The lowest BCUT2D eigenvalue weighted by atomic mass is 10.3. The maximum Gasteiger partial charge on any atom is 0.248 e. The molecule has 1 unspecified atom stereocenters. The largest absolute Gasteiger partial charge is 0.381 e. The van der Waals surface area contributed by atoms with Crippen molar-refractivity contribution in [3.63, 3.8) is 0 Å². The molecule has 0 fully saturated rings. The van der Waals surface area contributed by atoms with E-state index < -0.39 is 12.0 Å². The zero-order chi connectivity index (χ0) is 13.5. The van der Waals surface area contributed by atoms with Gasteiger partial charge in [-0.15, -0.1) is 11.8 Å². The summed E-state index contributed by atoms with van der Waals surface area (Å²) in [4.78, 5) is 22.6. The third-order valence-electron chi connectivity index (χ3n) is 2.00. The highest BCUT2D eigenvalue weighted by Gasteiger charge is 2.12. The van der Waals surface area contributed by atoms with Gasteiger partial charge in [-0.2, -0.15) is 0 Å². The second-order valence-corrected chi connectivity index (χ2v) is 4.51. The predicted molar refractivity (Wildman–Crippen MR) is 65.3 cm³/mol. The lowest BCUT2D eigenvalue weighted by Crippen LogP contribution is -2.40. The molecule has 18 heavy (non-hydrogen) atoms. The smallest absolute Gasteiger partial charge is 0.248 e. The lowest BCUT2D eigenvalue weighted by Gasteiger charge is -2.08. The number of amides is 2. The van der Waals surface area contributed by atoms with Gasteiger partial charge < -0.3 is 16.2 Å². The van der Waals surface area contributed by atoms with Gasteiger partial charge in [0.1, 0.15) is 11.9 Å². The Morgan fingerprint density at radius 3 is 2.56 bits per heavy atom. The number of aliphatic hydroxyl groups excluding tert-OH is 1. The van der Waals surface area contributed by atoms with Crippen LogP contribution in [0.4, 0.5) is 4.39 Å². The minimum Gasteiger partial charge on any atom is -0.381 e. The summed E-state index contributed by atoms with van der Waals surface area (Å²) in [6, 6.07) is 5.73. The Kier molecular flexibility index (Phi) is 5.60. The van der Waals surface area contributed by atoms with Crippen LogP contribution in [-0.2, 0) is 9.59 Å². The second kappa shape index (κ2) is 6.97. The quantitative estimate of drug-likeness (QED) is 0.629. The molecule has 2 amide bonds. The minimum absolute atomic E-state index is 0.108. The van der Waals surface area contributed by atoms with Crippen LogP contribution in [0.25, 0.3) is 0 Å². The van der Waals surface area contributed by atoms with Crippen LogP contribution in [0.2, 0.25) is 0 Å². The predicted octanol–water partition coefficient (Wildman–Crippen LogP) is -0.120. The third kappa shape index (κ3) is 5.15. The molecule has 0 saturated carbocycles. The highest BCUT2D eigenvalue weighted by Crippen LogP contribution is 2.17. The van der Waals surface area contributed by atoms with Gasteiger partial charge in [-0.25, -0.2) is 4.39 Å². The monoisotopic (exact) mass is 272 g/mol. The van der Waals surface area contributed by atoms with Gasteiger partial charge in [0, 0.05) is 4.90 Å². The summed E-state index contributed by atoms with van der Waals surface area (Å²) in [5.41, 5.74) is 4.82. The zero-order valence-electron chi connectivity index (χ0n) is 9.43. The first-order valence-electron chi connectivity index (χ1n) is 5.11. The van der Waals surface area contributed by atoms with E-state index in [1.165, 1.54) is 23.9 Å². The number of carbonyl (C=O) groups is 2. The standard InChI is InChI=1S/C11H13FN2O3S/c12-7-1-3-8(4-2-7)18-6-10(16)14-5-9(15)11(13)17/h1-4,9,15H,5-6H2,(H2,13,17)(H,14,16). The number of nitrogens with two attached hydrogens (primary N) is 1. The molecule has 0 aliphatic rings. The number of primary amides is 1. The molecule has 0 aromatic heterocycles. The van der Waals surface area contributed by atoms with Crippen molar-refractivity contribution in [2.45, 2.75) is 11.0 Å². The van der Waals surface area contributed by atoms with Gasteiger partial charge in [0.15, 0.2) is 0 Å². The molecule has 0 aliphatic carbocycles. The Hall–Kier alpha value is -1.60. The fourth-order valence-electron chi connectivity index (χ4n) is 1.04. The molecule has 0 spiro atoms. The first kappa shape index (κ1) is 14.5. The van der Waals surface area contributed by atoms with E-state index in [2.05, 4.69) is 5.32 Å². The molecule has 1 aromatic carbocycles. The minimum atomic E-state index is -1.38. The molecule has 0 saturated heterocycles. The van der Waals surface area contributed by atoms with Crippen LogP contribution in [-0.4, -0.2) is 35.3 Å². The van der Waals surface area contributed by atoms with Crippen LogP contribution in [0.15, 0.2) is 29.2 Å². The van der Waals surface area contributed by atoms with Crippen molar-refractivity contribution in [3.05, 3.63) is 30.1 Å². The van der Waals surface area contributed by atoms with Gasteiger partial charge >= 0.3 is 0 Å². The van der Waals surface area contributed by atoms with E-state index in [-0.39, 0.29) is 24.0 Å². The number of nitrogens with one attached hydrogen (secondary N) is 1. The number of carbonyl (C=O) groups excluding carboxylic acids is 2. The van der Waals surface area contributed by atoms with Gasteiger partial charge in [-0.1, -0.05) is 0 Å². The number of hydrogen-bond donors (Lipinski definition) is 3. The number of aliphatic hydroxyl groups is 1. The number of halogens is 1. The molecule has 1 rings (SSSR count). The fourth-order valence-corrected chi connectivity index (χ4v) is 1.77. The number of rotatable bonds is 6. The summed E-state index contributed by atoms with van der Waals surface area (Å²) < 4.78 is 12.6. The molecule has 7 heteroatoms. The summed E-state index contributed by atoms with van der Waals surface area (Å²) in [5, 5.41) is 11.4. The van der Waals surface area contributed by atoms with Gasteiger partial charge in [0.05, 0.1) is 12.3 Å². The Morgan fingerprint density at radius 2 is 2.00 bits per heavy atom. The third-order valence-corrected chi connectivity index (χ3v) is 3.02. The normalized spacial score (nSPS) is 11.9. The van der Waals surface area contributed by atoms with E-state index in [0.29, 0.717) is 0 Å². The molecule has 4 N–H and O–H groups in total. The Morgan fingerprint density at radius 1 is 1.39 bits per heavy atom. The molecule has 5 nitrogen and oxygen atoms in total. The van der Waals surface area contributed by atoms with Crippen molar-refractivity contribution >= 4 is 23.6 Å². The average molecular weight is 272 g/mol. The first-order valence-corrected chi connectivity index (χ1v) is 6.10. The average Bonchev–Trinajstić information content (AvgIpc) is 2.35. The zero-order valence-corrected chi connectivity index (χ0v) is 10.2. The highest BCUT2D eigenvalue weighted by atomic mass is 32.2. The lowest BCUT2D eigenvalue weighted by molar-refractivity contribution is -0.126. The van der Waals surface area contributed by atoms with Crippen LogP contribution < -0.4 is 11.1 Å². The molecule has 0 aliphatic heterocycles. The Labute approximate surface area is 108 Å². The van der Waals surface area contributed by atoms with Crippen molar-refractivity contribution in [2.75, 3.05) is 12.3 Å². The SMILES string of the molecule is NC(=O)C(O)CNC(=O)CSc1ccc(F)cc1. The topological polar surface area (TPSA) is 92.4 Å². The fraction of sp³-hybridized carbons (Fsp3) is 0.273. The van der Waals surface area contributed by atoms with E-state index >= 15 is 0 Å². The molecule has 1 aromatic rings. The van der Waals surface area contributed by atoms with Crippen LogP contribution in [0.3, 0.4) is 0 Å². The van der Waals surface area contributed by atoms with Crippen LogP contribution in [0.1, 0.15) is 0 Å². The van der Waals surface area contributed by atoms with Crippen molar-refractivity contribution in [1.29, 1.82) is 0 Å². The van der Waals surface area contributed by atoms with Crippen LogP contribution >= 0.6 is 11.8 Å². The van der Waals surface area contributed by atoms with Crippen molar-refractivity contribution in [2.24, 2.45) is 5.73 Å².